The van der Waals surface area contributed by atoms with Gasteiger partial charge in [-0.15, -0.1) is 0 Å². The lowest BCUT2D eigenvalue weighted by molar-refractivity contribution is 0.776. The van der Waals surface area contributed by atoms with Crippen LogP contribution in [0.15, 0.2) is 0 Å². The highest BCUT2D eigenvalue weighted by Crippen LogP contribution is 1.76. The van der Waals surface area contributed by atoms with Crippen LogP contribution in [0, 0.1) is 6.92 Å². The third kappa shape index (κ3) is 0.733. The second-order valence-electron chi connectivity index (χ2n) is 1.64. The molecular formula is C4H6BN3. The van der Waals surface area contributed by atoms with E-state index in [-0.39, 0.29) is 0 Å². The number of aryl methyl sites for hydroxylation is 2. The Balaban J connectivity index is 3.14. The van der Waals surface area contributed by atoms with Gasteiger partial charge in [-0.05, 0) is 6.92 Å². The maximum absolute atomic E-state index is 5.33. The normalized spacial score (nSPS) is 9.75. The first-order valence-electron chi connectivity index (χ1n) is 2.33. The highest BCUT2D eigenvalue weighted by molar-refractivity contribution is 6.29. The molecule has 2 radical (unpaired) electrons. The Morgan fingerprint density at radius 2 is 2.25 bits per heavy atom. The molecule has 8 heavy (non-hydrogen) atoms. The summed E-state index contributed by atoms with van der Waals surface area (Å²) in [5, 5.41) is 3.89. The van der Waals surface area contributed by atoms with Gasteiger partial charge < -0.3 is 0 Å². The van der Waals surface area contributed by atoms with Gasteiger partial charge in [0.25, 0.3) is 0 Å². The first-order valence-corrected chi connectivity index (χ1v) is 2.33. The summed E-state index contributed by atoms with van der Waals surface area (Å²) < 4.78 is 1.54. The van der Waals surface area contributed by atoms with Crippen molar-refractivity contribution in [3.63, 3.8) is 0 Å². The molecule has 0 aliphatic carbocycles. The highest BCUT2D eigenvalue weighted by Gasteiger charge is 1.92. The minimum atomic E-state index is 0.461. The summed E-state index contributed by atoms with van der Waals surface area (Å²) in [7, 11) is 7.09. The Morgan fingerprint density at radius 1 is 1.62 bits per heavy atom. The van der Waals surface area contributed by atoms with Gasteiger partial charge in [0.05, 0.1) is 5.72 Å². The van der Waals surface area contributed by atoms with Crippen molar-refractivity contribution < 1.29 is 0 Å². The second-order valence-corrected chi connectivity index (χ2v) is 1.64. The molecule has 0 aromatic carbocycles. The number of nitrogens with zero attached hydrogens (tertiary/aromatic N) is 3. The maximum Gasteiger partial charge on any atom is 0.169 e. The first kappa shape index (κ1) is 5.34. The van der Waals surface area contributed by atoms with E-state index in [1.165, 1.54) is 4.68 Å². The molecule has 3 nitrogen and oxygen atoms in total. The molecule has 0 fully saturated rings. The lowest BCUT2D eigenvalue weighted by Crippen LogP contribution is -2.16. The summed E-state index contributed by atoms with van der Waals surface area (Å²) >= 11 is 0. The van der Waals surface area contributed by atoms with Crippen LogP contribution in [0.4, 0.5) is 0 Å². The molecule has 4 heteroatoms. The molecule has 0 amide bonds. The topological polar surface area (TPSA) is 30.7 Å². The minimum absolute atomic E-state index is 0.461. The monoisotopic (exact) mass is 107 g/mol. The van der Waals surface area contributed by atoms with Crippen molar-refractivity contribution in [1.82, 2.24) is 14.8 Å². The molecule has 1 heterocycles. The third-order valence-electron chi connectivity index (χ3n) is 0.903. The molecule has 40 valence electrons. The zero-order valence-corrected chi connectivity index (χ0v) is 4.92. The number of hydrogen-bond acceptors (Lipinski definition) is 2. The molecule has 1 aromatic heterocycles. The summed E-state index contributed by atoms with van der Waals surface area (Å²) in [6.45, 7) is 1.80. The summed E-state index contributed by atoms with van der Waals surface area (Å²) in [5.74, 6) is 0.713. The van der Waals surface area contributed by atoms with Gasteiger partial charge >= 0.3 is 0 Å². The molecule has 0 aliphatic rings. The van der Waals surface area contributed by atoms with Crippen LogP contribution in [0.25, 0.3) is 0 Å². The van der Waals surface area contributed by atoms with E-state index in [0.717, 1.165) is 0 Å². The number of aromatic nitrogens is 3. The van der Waals surface area contributed by atoms with Crippen molar-refractivity contribution in [3.8, 4) is 0 Å². The summed E-state index contributed by atoms with van der Waals surface area (Å²) in [6.07, 6.45) is 0. The third-order valence-corrected chi connectivity index (χ3v) is 0.903. The van der Waals surface area contributed by atoms with Crippen molar-refractivity contribution in [1.29, 1.82) is 0 Å². The average molecular weight is 107 g/mol. The van der Waals surface area contributed by atoms with Gasteiger partial charge in [-0.25, -0.2) is 4.98 Å². The van der Waals surface area contributed by atoms with Crippen LogP contribution >= 0.6 is 0 Å². The molecule has 1 rings (SSSR count). The Kier molecular flexibility index (Phi) is 1.08. The van der Waals surface area contributed by atoms with Gasteiger partial charge in [-0.2, -0.15) is 5.10 Å². The van der Waals surface area contributed by atoms with Gasteiger partial charge in [-0.3, -0.25) is 4.68 Å². The lowest BCUT2D eigenvalue weighted by atomic mass is 10.1. The fourth-order valence-corrected chi connectivity index (χ4v) is 0.529. The molecule has 0 aliphatic heterocycles. The van der Waals surface area contributed by atoms with E-state index in [9.17, 15) is 0 Å². The summed E-state index contributed by atoms with van der Waals surface area (Å²) in [6, 6.07) is 0. The van der Waals surface area contributed by atoms with Crippen LogP contribution in [0.2, 0.25) is 0 Å². The van der Waals surface area contributed by atoms with Crippen molar-refractivity contribution >= 4 is 13.6 Å². The smallest absolute Gasteiger partial charge is 0.169 e. The Labute approximate surface area is 49.1 Å². The number of hydrogen-bond donors (Lipinski definition) is 0. The van der Waals surface area contributed by atoms with Crippen LogP contribution in [0.1, 0.15) is 5.82 Å². The predicted octanol–water partition coefficient (Wildman–Crippen LogP) is -1.08. The first-order chi connectivity index (χ1) is 3.70. The van der Waals surface area contributed by atoms with Crippen LogP contribution in [0.3, 0.4) is 0 Å². The van der Waals surface area contributed by atoms with Gasteiger partial charge in [0.1, 0.15) is 5.82 Å². The van der Waals surface area contributed by atoms with Crippen LogP contribution in [-0.4, -0.2) is 22.6 Å². The van der Waals surface area contributed by atoms with E-state index in [1.807, 2.05) is 0 Å². The van der Waals surface area contributed by atoms with E-state index in [0.29, 0.717) is 11.5 Å². The van der Waals surface area contributed by atoms with E-state index in [2.05, 4.69) is 10.1 Å². The molecule has 0 unspecified atom stereocenters. The second kappa shape index (κ2) is 1.61. The van der Waals surface area contributed by atoms with Gasteiger partial charge in [0.15, 0.2) is 7.85 Å². The molecule has 0 bridgehead atoms. The Bertz CT molecular complexity index is 174. The molecule has 1 aromatic rings. The quantitative estimate of drug-likeness (QED) is 0.394. The molecule has 0 spiro atoms. The Hall–Kier alpha value is -0.795. The van der Waals surface area contributed by atoms with Crippen molar-refractivity contribution in [2.45, 2.75) is 6.92 Å². The van der Waals surface area contributed by atoms with E-state index >= 15 is 0 Å². The molecule has 0 saturated heterocycles. The molecule has 0 N–H and O–H groups in total. The van der Waals surface area contributed by atoms with Gasteiger partial charge in [0, 0.05) is 7.05 Å². The summed E-state index contributed by atoms with van der Waals surface area (Å²) in [5.41, 5.74) is 0.461. The summed E-state index contributed by atoms with van der Waals surface area (Å²) in [4.78, 5) is 3.84. The fourth-order valence-electron chi connectivity index (χ4n) is 0.529. The van der Waals surface area contributed by atoms with Crippen LogP contribution < -0.4 is 5.72 Å². The lowest BCUT2D eigenvalue weighted by Gasteiger charge is -1.85. The highest BCUT2D eigenvalue weighted by atomic mass is 15.3. The van der Waals surface area contributed by atoms with Crippen molar-refractivity contribution in [2.24, 2.45) is 7.05 Å². The maximum atomic E-state index is 5.33. The zero-order chi connectivity index (χ0) is 6.15. The van der Waals surface area contributed by atoms with Crippen molar-refractivity contribution in [3.05, 3.63) is 5.82 Å². The van der Waals surface area contributed by atoms with E-state index < -0.39 is 0 Å². The standard InChI is InChI=1S/C4H6BN3/c1-3-6-4(5)8(2)7-3/h1-2H3. The predicted molar refractivity (Wildman–Crippen MR) is 31.1 cm³/mol. The Morgan fingerprint density at radius 3 is 2.38 bits per heavy atom. The van der Waals surface area contributed by atoms with E-state index in [4.69, 9.17) is 7.85 Å². The SMILES string of the molecule is [B]c1nc(C)nn1C. The van der Waals surface area contributed by atoms with Crippen LogP contribution in [-0.2, 0) is 7.05 Å². The molecular weight excluding hydrogens is 101 g/mol. The largest absolute Gasteiger partial charge is 0.264 e. The van der Waals surface area contributed by atoms with Gasteiger partial charge in [0.2, 0.25) is 0 Å². The average Bonchev–Trinajstić information content (AvgIpc) is 1.85. The van der Waals surface area contributed by atoms with E-state index in [1.54, 1.807) is 14.0 Å². The van der Waals surface area contributed by atoms with Crippen molar-refractivity contribution in [2.75, 3.05) is 0 Å². The molecule has 0 atom stereocenters. The zero-order valence-electron chi connectivity index (χ0n) is 4.92. The van der Waals surface area contributed by atoms with Gasteiger partial charge in [-0.1, -0.05) is 0 Å². The number of rotatable bonds is 0. The molecule has 0 saturated carbocycles. The minimum Gasteiger partial charge on any atom is -0.264 e. The fraction of sp³-hybridized carbons (Fsp3) is 0.500. The van der Waals surface area contributed by atoms with Crippen LogP contribution in [0.5, 0.6) is 0 Å².